The Balaban J connectivity index is 1.82. The van der Waals surface area contributed by atoms with Crippen LogP contribution < -0.4 is 4.74 Å². The molecule has 108 valence electrons. The van der Waals surface area contributed by atoms with Gasteiger partial charge in [-0.15, -0.1) is 0 Å². The van der Waals surface area contributed by atoms with Gasteiger partial charge in [0.25, 0.3) is 0 Å². The fraction of sp³-hybridized carbons (Fsp3) is 0.333. The summed E-state index contributed by atoms with van der Waals surface area (Å²) in [4.78, 5) is 0. The normalized spacial score (nSPS) is 11.7. The van der Waals surface area contributed by atoms with Crippen LogP contribution in [-0.4, -0.2) is 20.8 Å². The van der Waals surface area contributed by atoms with Gasteiger partial charge in [-0.3, -0.25) is 0 Å². The third-order valence-electron chi connectivity index (χ3n) is 3.04. The Bertz CT molecular complexity index is 662. The molecule has 3 nitrogen and oxygen atoms in total. The fourth-order valence-electron chi connectivity index (χ4n) is 2.06. The lowest BCUT2D eigenvalue weighted by Crippen LogP contribution is -2.01. The van der Waals surface area contributed by atoms with Crippen LogP contribution in [-0.2, 0) is 9.05 Å². The lowest BCUT2D eigenvalue weighted by atomic mass is 10.1. The second-order valence-corrected chi connectivity index (χ2v) is 7.53. The molecule has 0 amide bonds. The van der Waals surface area contributed by atoms with Crippen molar-refractivity contribution in [2.24, 2.45) is 0 Å². The van der Waals surface area contributed by atoms with E-state index in [9.17, 15) is 8.42 Å². The smallest absolute Gasteiger partial charge is 0.232 e. The van der Waals surface area contributed by atoms with Crippen molar-refractivity contribution in [3.63, 3.8) is 0 Å². The van der Waals surface area contributed by atoms with E-state index >= 15 is 0 Å². The first-order valence-corrected chi connectivity index (χ1v) is 9.07. The van der Waals surface area contributed by atoms with Crippen LogP contribution in [0.4, 0.5) is 0 Å². The molecule has 0 spiro atoms. The van der Waals surface area contributed by atoms with Crippen LogP contribution in [0.5, 0.6) is 5.75 Å². The summed E-state index contributed by atoms with van der Waals surface area (Å²) in [7, 11) is 1.79. The summed E-state index contributed by atoms with van der Waals surface area (Å²) in [6.07, 6.45) is 2.18. The number of fused-ring (bicyclic) bond motifs is 1. The molecule has 2 aromatic rings. The van der Waals surface area contributed by atoms with Gasteiger partial charge in [0.15, 0.2) is 0 Å². The SMILES string of the molecule is O=S(=O)(Cl)CCCCCOc1cccc2ccccc12. The van der Waals surface area contributed by atoms with Gasteiger partial charge in [0.2, 0.25) is 9.05 Å². The fourth-order valence-corrected chi connectivity index (χ4v) is 2.93. The largest absolute Gasteiger partial charge is 0.493 e. The molecule has 0 N–H and O–H groups in total. The van der Waals surface area contributed by atoms with Gasteiger partial charge in [0, 0.05) is 16.1 Å². The second-order valence-electron chi connectivity index (χ2n) is 4.63. The first kappa shape index (κ1) is 15.1. The monoisotopic (exact) mass is 312 g/mol. The topological polar surface area (TPSA) is 43.4 Å². The highest BCUT2D eigenvalue weighted by atomic mass is 35.7. The Morgan fingerprint density at radius 2 is 1.70 bits per heavy atom. The molecule has 0 unspecified atom stereocenters. The number of rotatable bonds is 7. The molecule has 0 radical (unpaired) electrons. The van der Waals surface area contributed by atoms with Gasteiger partial charge in [-0.05, 0) is 30.7 Å². The van der Waals surface area contributed by atoms with Crippen molar-refractivity contribution in [1.29, 1.82) is 0 Å². The zero-order valence-electron chi connectivity index (χ0n) is 11.1. The summed E-state index contributed by atoms with van der Waals surface area (Å²) in [6.45, 7) is 0.580. The minimum absolute atomic E-state index is 0.0306. The maximum Gasteiger partial charge on any atom is 0.232 e. The lowest BCUT2D eigenvalue weighted by molar-refractivity contribution is 0.310. The third kappa shape index (κ3) is 4.69. The van der Waals surface area contributed by atoms with E-state index in [-0.39, 0.29) is 5.75 Å². The van der Waals surface area contributed by atoms with E-state index in [2.05, 4.69) is 0 Å². The van der Waals surface area contributed by atoms with Crippen LogP contribution in [0, 0.1) is 0 Å². The number of hydrogen-bond donors (Lipinski definition) is 0. The van der Waals surface area contributed by atoms with Gasteiger partial charge in [-0.1, -0.05) is 36.4 Å². The second kappa shape index (κ2) is 6.95. The average Bonchev–Trinajstić information content (AvgIpc) is 2.41. The molecule has 2 rings (SSSR count). The minimum atomic E-state index is -3.36. The Morgan fingerprint density at radius 1 is 0.950 bits per heavy atom. The van der Waals surface area contributed by atoms with Gasteiger partial charge < -0.3 is 4.74 Å². The summed E-state index contributed by atoms with van der Waals surface area (Å²) in [5, 5.41) is 2.25. The van der Waals surface area contributed by atoms with Crippen molar-refractivity contribution >= 4 is 30.5 Å². The highest BCUT2D eigenvalue weighted by Gasteiger charge is 2.04. The molecule has 5 heteroatoms. The molecule has 0 bridgehead atoms. The zero-order valence-corrected chi connectivity index (χ0v) is 12.7. The molecular weight excluding hydrogens is 296 g/mol. The van der Waals surface area contributed by atoms with E-state index in [4.69, 9.17) is 15.4 Å². The molecule has 0 fully saturated rings. The standard InChI is InChI=1S/C15H17ClO3S/c16-20(17,18)12-5-1-4-11-19-15-10-6-8-13-7-2-3-9-14(13)15/h2-3,6-10H,1,4-5,11-12H2. The highest BCUT2D eigenvalue weighted by Crippen LogP contribution is 2.25. The Labute approximate surface area is 123 Å². The van der Waals surface area contributed by atoms with Crippen LogP contribution in [0.2, 0.25) is 0 Å². The molecule has 0 heterocycles. The van der Waals surface area contributed by atoms with Crippen LogP contribution >= 0.6 is 10.7 Å². The molecule has 2 aromatic carbocycles. The number of halogens is 1. The number of benzene rings is 2. The van der Waals surface area contributed by atoms with Gasteiger partial charge in [0.1, 0.15) is 5.75 Å². The molecular formula is C15H17ClO3S. The first-order valence-electron chi connectivity index (χ1n) is 6.59. The van der Waals surface area contributed by atoms with Crippen LogP contribution in [0.1, 0.15) is 19.3 Å². The third-order valence-corrected chi connectivity index (χ3v) is 4.28. The molecule has 0 atom stereocenters. The molecule has 20 heavy (non-hydrogen) atoms. The van der Waals surface area contributed by atoms with E-state index < -0.39 is 9.05 Å². The quantitative estimate of drug-likeness (QED) is 0.574. The van der Waals surface area contributed by atoms with Crippen molar-refractivity contribution in [1.82, 2.24) is 0 Å². The van der Waals surface area contributed by atoms with E-state index in [1.165, 1.54) is 0 Å². The number of unbranched alkanes of at least 4 members (excludes halogenated alkanes) is 2. The van der Waals surface area contributed by atoms with Crippen molar-refractivity contribution in [2.45, 2.75) is 19.3 Å². The summed E-state index contributed by atoms with van der Waals surface area (Å²) in [5.41, 5.74) is 0. The molecule has 0 saturated heterocycles. The molecule has 0 aliphatic rings. The van der Waals surface area contributed by atoms with Gasteiger partial charge >= 0.3 is 0 Å². The Kier molecular flexibility index (Phi) is 5.26. The van der Waals surface area contributed by atoms with Gasteiger partial charge in [-0.25, -0.2) is 8.42 Å². The van der Waals surface area contributed by atoms with Crippen molar-refractivity contribution < 1.29 is 13.2 Å². The maximum absolute atomic E-state index is 10.8. The van der Waals surface area contributed by atoms with Crippen LogP contribution in [0.3, 0.4) is 0 Å². The van der Waals surface area contributed by atoms with Crippen LogP contribution in [0.25, 0.3) is 10.8 Å². The predicted octanol–water partition coefficient (Wildman–Crippen LogP) is 3.96. The predicted molar refractivity (Wildman–Crippen MR) is 82.9 cm³/mol. The van der Waals surface area contributed by atoms with Crippen molar-refractivity contribution in [3.05, 3.63) is 42.5 Å². The Morgan fingerprint density at radius 3 is 2.50 bits per heavy atom. The molecule has 0 saturated carbocycles. The van der Waals surface area contributed by atoms with E-state index in [1.54, 1.807) is 0 Å². The molecule has 0 aliphatic heterocycles. The number of ether oxygens (including phenoxy) is 1. The zero-order chi connectivity index (χ0) is 14.4. The van der Waals surface area contributed by atoms with E-state index in [0.717, 1.165) is 29.4 Å². The van der Waals surface area contributed by atoms with E-state index in [0.29, 0.717) is 13.0 Å². The maximum atomic E-state index is 10.8. The highest BCUT2D eigenvalue weighted by molar-refractivity contribution is 8.13. The molecule has 0 aliphatic carbocycles. The van der Waals surface area contributed by atoms with E-state index in [1.807, 2.05) is 42.5 Å². The van der Waals surface area contributed by atoms with Crippen LogP contribution in [0.15, 0.2) is 42.5 Å². The first-order chi connectivity index (χ1) is 9.56. The molecule has 0 aromatic heterocycles. The Hall–Kier alpha value is -1.26. The van der Waals surface area contributed by atoms with Gasteiger partial charge in [0.05, 0.1) is 12.4 Å². The summed E-state index contributed by atoms with van der Waals surface area (Å²) in [6, 6.07) is 14.0. The summed E-state index contributed by atoms with van der Waals surface area (Å²) >= 11 is 0. The van der Waals surface area contributed by atoms with Crippen molar-refractivity contribution in [3.8, 4) is 5.75 Å². The van der Waals surface area contributed by atoms with Gasteiger partial charge in [-0.2, -0.15) is 0 Å². The van der Waals surface area contributed by atoms with Crippen molar-refractivity contribution in [2.75, 3.05) is 12.4 Å². The number of hydrogen-bond acceptors (Lipinski definition) is 3. The summed E-state index contributed by atoms with van der Waals surface area (Å²) in [5.74, 6) is 0.899. The summed E-state index contributed by atoms with van der Waals surface area (Å²) < 4.78 is 27.3. The lowest BCUT2D eigenvalue weighted by Gasteiger charge is -2.09. The minimum Gasteiger partial charge on any atom is -0.493 e. The average molecular weight is 313 g/mol.